The number of rotatable bonds is 5. The van der Waals surface area contributed by atoms with E-state index in [1.165, 1.54) is 29.1 Å². The zero-order chi connectivity index (χ0) is 44.1. The third kappa shape index (κ3) is 8.85. The maximum absolute atomic E-state index is 14.9. The Morgan fingerprint density at radius 2 is 1.98 bits per heavy atom. The number of morpholine rings is 1. The van der Waals surface area contributed by atoms with E-state index in [0.717, 1.165) is 45.2 Å². The second kappa shape index (κ2) is 17.5. The van der Waals surface area contributed by atoms with Crippen LogP contribution in [0.5, 0.6) is 11.6 Å². The third-order valence-corrected chi connectivity index (χ3v) is 16.4. The number of nitrogens with zero attached hydrogens (tertiary/aromatic N) is 6. The molecule has 2 saturated heterocycles. The number of aliphatic hydroxyl groups is 1. The number of benzene rings is 2. The largest absolute Gasteiger partial charge is 0.490 e. The number of carbonyl (C=O) groups excluding carboxylic acids is 3. The van der Waals surface area contributed by atoms with Gasteiger partial charge in [-0.15, -0.1) is 9.46 Å². The van der Waals surface area contributed by atoms with Crippen molar-refractivity contribution < 1.29 is 37.9 Å². The fraction of sp³-hybridized carbons (Fsp3) is 0.565. The molecule has 0 radical (unpaired) electrons. The Bertz CT molecular complexity index is 2440. The van der Waals surface area contributed by atoms with Crippen LogP contribution in [0.1, 0.15) is 77.3 Å². The summed E-state index contributed by atoms with van der Waals surface area (Å²) in [6.45, 7) is 7.42. The minimum Gasteiger partial charge on any atom is -0.490 e. The van der Waals surface area contributed by atoms with Crippen LogP contribution in [0.25, 0.3) is 0 Å². The highest BCUT2D eigenvalue weighted by Crippen LogP contribution is 2.49. The zero-order valence-electron chi connectivity index (χ0n) is 36.3. The van der Waals surface area contributed by atoms with E-state index in [0.29, 0.717) is 68.9 Å². The predicted molar refractivity (Wildman–Crippen MR) is 239 cm³/mol. The molecule has 15 nitrogen and oxygen atoms in total. The molecule has 2 aromatic carbocycles. The number of fused-ring (bicyclic) bond motifs is 5. The van der Waals surface area contributed by atoms with Gasteiger partial charge in [0, 0.05) is 68.5 Å². The molecule has 9 rings (SSSR count). The number of nitrogens with one attached hydrogen (secondary N) is 1. The van der Waals surface area contributed by atoms with Gasteiger partial charge < -0.3 is 29.1 Å². The first kappa shape index (κ1) is 43.8. The smallest absolute Gasteiger partial charge is 0.286 e. The van der Waals surface area contributed by atoms with Crippen LogP contribution in [0.2, 0.25) is 5.02 Å². The molecular weight excluding hydrogens is 846 g/mol. The summed E-state index contributed by atoms with van der Waals surface area (Å²) in [4.78, 5) is 48.9. The number of anilines is 1. The summed E-state index contributed by atoms with van der Waals surface area (Å²) in [5, 5.41) is 17.8. The van der Waals surface area contributed by atoms with E-state index in [1.807, 2.05) is 24.0 Å². The lowest BCUT2D eigenvalue weighted by atomic mass is 9.63. The fourth-order valence-corrected chi connectivity index (χ4v) is 12.9. The molecule has 2 N–H and O–H groups in total. The number of methoxy groups -OCH3 is 1. The molecule has 1 aromatic heterocycles. The normalized spacial score (nSPS) is 31.5. The SMILES string of the molecule is COc1nn(C)cc1C(=O)NS1(=O)=NC(=O)c2ccc3c(c2)N(C[C@@H]2CC[C@H]2[C@](O)(CC(=O)N2CCN4CCOC[C@@H]4C2)/C=C/C[C@H](C)C1)C[C@@]1(CCCc2cc(Cl)ccc21)CO3. The molecule has 338 valence electrons. The molecule has 1 saturated carbocycles. The van der Waals surface area contributed by atoms with E-state index in [-0.39, 0.29) is 58.9 Å². The van der Waals surface area contributed by atoms with Gasteiger partial charge >= 0.3 is 0 Å². The highest BCUT2D eigenvalue weighted by molar-refractivity contribution is 7.92. The summed E-state index contributed by atoms with van der Waals surface area (Å²) in [6.07, 6.45) is 9.69. The highest BCUT2D eigenvalue weighted by atomic mass is 35.5. The van der Waals surface area contributed by atoms with Crippen molar-refractivity contribution >= 4 is 44.9 Å². The van der Waals surface area contributed by atoms with E-state index in [1.54, 1.807) is 31.3 Å². The van der Waals surface area contributed by atoms with Gasteiger partial charge in [0.2, 0.25) is 11.8 Å². The van der Waals surface area contributed by atoms with Crippen LogP contribution < -0.4 is 19.1 Å². The van der Waals surface area contributed by atoms with Crippen molar-refractivity contribution in [2.45, 2.75) is 68.9 Å². The predicted octanol–water partition coefficient (Wildman–Crippen LogP) is 4.79. The number of hydrogen-bond acceptors (Lipinski definition) is 11. The van der Waals surface area contributed by atoms with Gasteiger partial charge in [-0.25, -0.2) is 4.21 Å². The number of aryl methyl sites for hydroxylation is 2. The van der Waals surface area contributed by atoms with Crippen molar-refractivity contribution in [3.8, 4) is 11.6 Å². The number of piperazine rings is 1. The first-order valence-electron chi connectivity index (χ1n) is 22.2. The van der Waals surface area contributed by atoms with E-state index in [4.69, 9.17) is 25.8 Å². The molecule has 2 aliphatic carbocycles. The van der Waals surface area contributed by atoms with Crippen LogP contribution in [0, 0.1) is 17.8 Å². The van der Waals surface area contributed by atoms with Crippen molar-refractivity contribution in [3.05, 3.63) is 82.0 Å². The number of aromatic nitrogens is 2. The second-order valence-corrected chi connectivity index (χ2v) is 21.0. The lowest BCUT2D eigenvalue weighted by molar-refractivity contribution is -0.145. The fourth-order valence-electron chi connectivity index (χ4n) is 10.8. The molecule has 63 heavy (non-hydrogen) atoms. The van der Waals surface area contributed by atoms with Gasteiger partial charge in [0.25, 0.3) is 11.8 Å². The average Bonchev–Trinajstić information content (AvgIpc) is 3.56. The van der Waals surface area contributed by atoms with Gasteiger partial charge in [-0.05, 0) is 97.7 Å². The highest BCUT2D eigenvalue weighted by Gasteiger charge is 2.49. The van der Waals surface area contributed by atoms with Crippen molar-refractivity contribution in [1.82, 2.24) is 24.3 Å². The molecule has 6 aliphatic rings. The van der Waals surface area contributed by atoms with Crippen LogP contribution in [-0.4, -0.2) is 130 Å². The maximum atomic E-state index is 14.9. The Kier molecular flexibility index (Phi) is 12.1. The molecule has 2 bridgehead atoms. The quantitative estimate of drug-likeness (QED) is 0.338. The van der Waals surface area contributed by atoms with Crippen LogP contribution in [0.15, 0.2) is 59.1 Å². The van der Waals surface area contributed by atoms with Gasteiger partial charge in [0.15, 0.2) is 0 Å². The minimum atomic E-state index is -3.75. The average molecular weight is 905 g/mol. The van der Waals surface area contributed by atoms with Crippen LogP contribution in [-0.2, 0) is 38.3 Å². The number of amides is 3. The molecule has 3 fully saturated rings. The van der Waals surface area contributed by atoms with Gasteiger partial charge in [0.05, 0.1) is 56.4 Å². The number of allylic oxidation sites excluding steroid dienone is 1. The molecule has 1 unspecified atom stereocenters. The summed E-state index contributed by atoms with van der Waals surface area (Å²) < 4.78 is 41.0. The molecular formula is C46H58ClN7O8S. The van der Waals surface area contributed by atoms with Crippen molar-refractivity contribution in [3.63, 3.8) is 0 Å². The lowest BCUT2D eigenvalue weighted by Gasteiger charge is -2.50. The van der Waals surface area contributed by atoms with E-state index in [2.05, 4.69) is 36.1 Å². The zero-order valence-corrected chi connectivity index (χ0v) is 37.9. The minimum absolute atomic E-state index is 0.0140. The monoisotopic (exact) mass is 903 g/mol. The van der Waals surface area contributed by atoms with Gasteiger partial charge in [-0.3, -0.25) is 28.7 Å². The maximum Gasteiger partial charge on any atom is 0.286 e. The number of carbonyl (C=O) groups is 3. The number of halogens is 1. The van der Waals surface area contributed by atoms with E-state index < -0.39 is 32.7 Å². The Hall–Kier alpha value is -4.48. The Morgan fingerprint density at radius 1 is 1.13 bits per heavy atom. The van der Waals surface area contributed by atoms with E-state index in [9.17, 15) is 23.7 Å². The summed E-state index contributed by atoms with van der Waals surface area (Å²) in [5.41, 5.74) is 1.46. The Balaban J connectivity index is 1.10. The number of ether oxygens (including phenoxy) is 3. The summed E-state index contributed by atoms with van der Waals surface area (Å²) in [6, 6.07) is 11.4. The summed E-state index contributed by atoms with van der Waals surface area (Å²) in [5.74, 6) is -1.69. The molecule has 5 heterocycles. The summed E-state index contributed by atoms with van der Waals surface area (Å²) >= 11 is 6.52. The Labute approximate surface area is 374 Å². The van der Waals surface area contributed by atoms with Crippen molar-refractivity contribution in [2.75, 3.05) is 76.9 Å². The number of hydrogen-bond donors (Lipinski definition) is 2. The van der Waals surface area contributed by atoms with Crippen LogP contribution in [0.3, 0.4) is 0 Å². The molecule has 1 spiro atoms. The van der Waals surface area contributed by atoms with Gasteiger partial charge in [0.1, 0.15) is 21.2 Å². The molecule has 4 aliphatic heterocycles. The molecule has 7 atom stereocenters. The molecule has 3 aromatic rings. The first-order valence-corrected chi connectivity index (χ1v) is 24.3. The standard InChI is InChI=1S/C46H58ClN7O8S/c1-30-6-4-15-46(58,22-41(55)53-17-16-52-18-19-61-26-35(52)24-53)38-11-8-33(38)23-54-28-45(14-5-7-31-20-34(47)10-12-37(31)45)29-62-40-13-9-32(21-39(40)54)42(56)49-63(59,27-30)50-43(57)36-25-51(2)48-44(36)60-3/h4,9-10,12-13,15,20-21,25,30,33,35,38,58H,5-8,11,14,16-19,22-24,26-29H2,1-3H3,(H,49,50,56,57,59)/b15-4+/t30-,33-,35-,38+,45-,46+,63?/m0/s1. The van der Waals surface area contributed by atoms with E-state index >= 15 is 0 Å². The Morgan fingerprint density at radius 3 is 2.79 bits per heavy atom. The van der Waals surface area contributed by atoms with Crippen molar-refractivity contribution in [1.29, 1.82) is 0 Å². The second-order valence-electron chi connectivity index (χ2n) is 18.6. The molecule has 17 heteroatoms. The van der Waals surface area contributed by atoms with Crippen LogP contribution >= 0.6 is 11.6 Å². The summed E-state index contributed by atoms with van der Waals surface area (Å²) in [7, 11) is -0.734. The first-order chi connectivity index (χ1) is 30.2. The van der Waals surface area contributed by atoms with Gasteiger partial charge in [-0.2, -0.15) is 0 Å². The third-order valence-electron chi connectivity index (χ3n) is 14.2. The van der Waals surface area contributed by atoms with Crippen LogP contribution in [0.4, 0.5) is 5.69 Å². The van der Waals surface area contributed by atoms with Crippen molar-refractivity contribution in [2.24, 2.45) is 29.2 Å². The molecule has 3 amide bonds. The van der Waals surface area contributed by atoms with Gasteiger partial charge in [-0.1, -0.05) is 36.7 Å². The topological polar surface area (TPSA) is 168 Å². The lowest BCUT2D eigenvalue weighted by Crippen LogP contribution is -2.60.